The Morgan fingerprint density at radius 2 is 1.49 bits per heavy atom. The third kappa shape index (κ3) is 10.1. The monoisotopic (exact) mass is 707 g/mol. The summed E-state index contributed by atoms with van der Waals surface area (Å²) >= 11 is 0. The number of hydrogen-bond donors (Lipinski definition) is 4. The maximum atomic E-state index is 14.8. The second-order valence-corrected chi connectivity index (χ2v) is 19.4. The van der Waals surface area contributed by atoms with Crippen LogP contribution in [0, 0.1) is 16.7 Å². The quantitative estimate of drug-likeness (QED) is 0.177. The first-order chi connectivity index (χ1) is 22.7. The van der Waals surface area contributed by atoms with Gasteiger partial charge in [0.15, 0.2) is 9.84 Å². The lowest BCUT2D eigenvalue weighted by atomic mass is 9.68. The summed E-state index contributed by atoms with van der Waals surface area (Å²) in [4.78, 5) is 68.5. The fraction of sp³-hybridized carbons (Fsp3) is 0.806. The molecule has 1 saturated heterocycles. The van der Waals surface area contributed by atoms with Gasteiger partial charge >= 0.3 is 6.03 Å². The zero-order valence-corrected chi connectivity index (χ0v) is 31.7. The zero-order chi connectivity index (χ0) is 36.8. The van der Waals surface area contributed by atoms with Crippen molar-refractivity contribution in [2.45, 2.75) is 141 Å². The molecule has 0 bridgehead atoms. The van der Waals surface area contributed by atoms with Crippen LogP contribution in [-0.4, -0.2) is 90.6 Å². The van der Waals surface area contributed by atoms with Gasteiger partial charge in [-0.3, -0.25) is 19.2 Å². The van der Waals surface area contributed by atoms with E-state index in [1.54, 1.807) is 25.7 Å². The van der Waals surface area contributed by atoms with Gasteiger partial charge in [-0.25, -0.2) is 13.2 Å². The second kappa shape index (κ2) is 15.9. The predicted molar refractivity (Wildman–Crippen MR) is 190 cm³/mol. The lowest BCUT2D eigenvalue weighted by Crippen LogP contribution is -2.66. The van der Waals surface area contributed by atoms with Gasteiger partial charge in [-0.15, -0.1) is 6.58 Å². The smallest absolute Gasteiger partial charge is 0.315 e. The normalized spacial score (nSPS) is 24.1. The SMILES string of the molecule is C=CCNC(=O)C(=O)CNC(=O)[C@@H]1CC(C)(C)C(C)CN1C(=O)[C@@H](NC(=O)NC1(CS(=O)(=O)C(C)(C)C)CCCCC1)C1(C)CCCCC1. The highest BCUT2D eigenvalue weighted by atomic mass is 32.2. The van der Waals surface area contributed by atoms with Crippen molar-refractivity contribution in [2.75, 3.05) is 25.4 Å². The van der Waals surface area contributed by atoms with E-state index in [4.69, 9.17) is 0 Å². The van der Waals surface area contributed by atoms with Gasteiger partial charge in [0.05, 0.1) is 22.6 Å². The average molecular weight is 708 g/mol. The Morgan fingerprint density at radius 1 is 0.918 bits per heavy atom. The molecule has 0 spiro atoms. The Kier molecular flexibility index (Phi) is 13.2. The van der Waals surface area contributed by atoms with Crippen molar-refractivity contribution in [1.29, 1.82) is 0 Å². The van der Waals surface area contributed by atoms with Gasteiger partial charge in [0.2, 0.25) is 17.6 Å². The van der Waals surface area contributed by atoms with Gasteiger partial charge in [-0.05, 0) is 69.6 Å². The van der Waals surface area contributed by atoms with Crippen LogP contribution in [0.3, 0.4) is 0 Å². The van der Waals surface area contributed by atoms with Crippen LogP contribution in [0.2, 0.25) is 0 Å². The number of urea groups is 1. The van der Waals surface area contributed by atoms with Gasteiger partial charge < -0.3 is 26.2 Å². The number of nitrogens with zero attached hydrogens (tertiary/aromatic N) is 1. The Morgan fingerprint density at radius 3 is 2.04 bits per heavy atom. The number of Topliss-reactive ketones (excluding diaryl/α,β-unsaturated/α-hetero) is 1. The summed E-state index contributed by atoms with van der Waals surface area (Å²) in [5, 5.41) is 11.1. The van der Waals surface area contributed by atoms with Crippen LogP contribution < -0.4 is 21.3 Å². The number of rotatable bonds is 12. The molecule has 12 nitrogen and oxygen atoms in total. The maximum Gasteiger partial charge on any atom is 0.315 e. The number of amides is 5. The van der Waals surface area contributed by atoms with Crippen molar-refractivity contribution in [3.05, 3.63) is 12.7 Å². The van der Waals surface area contributed by atoms with Crippen molar-refractivity contribution in [2.24, 2.45) is 16.7 Å². The standard InChI is InChI=1S/C36H61N5O7S/c1-9-20-37-30(44)27(42)22-38-29(43)26-21-34(6,7)25(2)23-41(26)31(45)28(35(8)16-12-10-13-17-35)39-32(46)40-36(18-14-11-15-19-36)24-49(47,48)33(3,4)5/h9,25-26,28H,1,10-24H2,2-8H3,(H,37,44)(H,38,43)(H2,39,40,46)/t25?,26-,28+/m0/s1. The largest absolute Gasteiger partial charge is 0.347 e. The van der Waals surface area contributed by atoms with E-state index in [-0.39, 0.29) is 36.1 Å². The Bertz CT molecular complexity index is 1360. The van der Waals surface area contributed by atoms with E-state index in [0.717, 1.165) is 38.5 Å². The molecule has 278 valence electrons. The maximum absolute atomic E-state index is 14.8. The number of ketones is 1. The minimum absolute atomic E-state index is 0.0218. The molecule has 13 heteroatoms. The first-order valence-electron chi connectivity index (χ1n) is 18.0. The number of piperidine rings is 1. The molecule has 49 heavy (non-hydrogen) atoms. The van der Waals surface area contributed by atoms with Crippen molar-refractivity contribution >= 4 is 39.4 Å². The fourth-order valence-electron chi connectivity index (χ4n) is 7.46. The minimum atomic E-state index is -3.57. The number of likely N-dealkylation sites (tertiary alicyclic amines) is 1. The highest BCUT2D eigenvalue weighted by molar-refractivity contribution is 7.92. The highest BCUT2D eigenvalue weighted by Gasteiger charge is 2.50. The third-order valence-electron chi connectivity index (χ3n) is 11.4. The van der Waals surface area contributed by atoms with Crippen LogP contribution in [0.25, 0.3) is 0 Å². The minimum Gasteiger partial charge on any atom is -0.347 e. The number of carbonyl (C=O) groups excluding carboxylic acids is 5. The number of hydrogen-bond acceptors (Lipinski definition) is 7. The average Bonchev–Trinajstić information content (AvgIpc) is 3.01. The molecule has 0 radical (unpaired) electrons. The molecule has 3 aliphatic rings. The third-order valence-corrected chi connectivity index (χ3v) is 14.2. The summed E-state index contributed by atoms with van der Waals surface area (Å²) in [5.74, 6) is -2.72. The summed E-state index contributed by atoms with van der Waals surface area (Å²) < 4.78 is 25.8. The lowest BCUT2D eigenvalue weighted by Gasteiger charge is -2.50. The van der Waals surface area contributed by atoms with E-state index in [1.165, 1.54) is 6.08 Å². The number of sulfone groups is 1. The fourth-order valence-corrected chi connectivity index (χ4v) is 8.98. The molecule has 0 aromatic rings. The summed E-state index contributed by atoms with van der Waals surface area (Å²) in [7, 11) is -3.57. The molecule has 1 aliphatic heterocycles. The molecule has 0 aromatic heterocycles. The van der Waals surface area contributed by atoms with Gasteiger partial charge in [0, 0.05) is 13.1 Å². The van der Waals surface area contributed by atoms with Crippen LogP contribution in [0.1, 0.15) is 119 Å². The van der Waals surface area contributed by atoms with Gasteiger partial charge in [0.1, 0.15) is 12.1 Å². The molecule has 4 N–H and O–H groups in total. The predicted octanol–water partition coefficient (Wildman–Crippen LogP) is 3.79. The van der Waals surface area contributed by atoms with Crippen molar-refractivity contribution < 1.29 is 32.4 Å². The van der Waals surface area contributed by atoms with E-state index in [9.17, 15) is 32.4 Å². The van der Waals surface area contributed by atoms with E-state index in [1.807, 2.05) is 27.7 Å². The number of nitrogens with one attached hydrogen (secondary N) is 4. The molecule has 1 unspecified atom stereocenters. The van der Waals surface area contributed by atoms with Gasteiger partial charge in [-0.2, -0.15) is 0 Å². The van der Waals surface area contributed by atoms with Crippen LogP contribution >= 0.6 is 0 Å². The van der Waals surface area contributed by atoms with E-state index in [0.29, 0.717) is 32.1 Å². The van der Waals surface area contributed by atoms with Crippen molar-refractivity contribution in [1.82, 2.24) is 26.2 Å². The van der Waals surface area contributed by atoms with Crippen molar-refractivity contribution in [3.63, 3.8) is 0 Å². The molecule has 0 aromatic carbocycles. The molecule has 5 amide bonds. The van der Waals surface area contributed by atoms with E-state index in [2.05, 4.69) is 27.8 Å². The number of carbonyl (C=O) groups is 5. The molecule has 2 saturated carbocycles. The van der Waals surface area contributed by atoms with Crippen LogP contribution in [0.5, 0.6) is 0 Å². The van der Waals surface area contributed by atoms with Crippen LogP contribution in [0.15, 0.2) is 12.7 Å². The van der Waals surface area contributed by atoms with Crippen LogP contribution in [0.4, 0.5) is 4.79 Å². The first kappa shape index (κ1) is 40.5. The summed E-state index contributed by atoms with van der Waals surface area (Å²) in [5.41, 5.74) is -1.86. The summed E-state index contributed by atoms with van der Waals surface area (Å²) in [6.45, 7) is 16.5. The first-order valence-corrected chi connectivity index (χ1v) is 19.6. The molecule has 3 atom stereocenters. The summed E-state index contributed by atoms with van der Waals surface area (Å²) in [6, 6.07) is -2.48. The molecule has 1 heterocycles. The van der Waals surface area contributed by atoms with Crippen LogP contribution in [-0.2, 0) is 29.0 Å². The Balaban J connectivity index is 1.91. The molecular formula is C36H61N5O7S. The topological polar surface area (TPSA) is 171 Å². The summed E-state index contributed by atoms with van der Waals surface area (Å²) in [6.07, 6.45) is 9.55. The Hall–Kier alpha value is -2.96. The molecule has 3 rings (SSSR count). The zero-order valence-electron chi connectivity index (χ0n) is 30.8. The Labute approximate surface area is 293 Å². The molecule has 3 fully saturated rings. The van der Waals surface area contributed by atoms with Gasteiger partial charge in [0.25, 0.3) is 5.91 Å². The molecule has 2 aliphatic carbocycles. The van der Waals surface area contributed by atoms with Crippen molar-refractivity contribution in [3.8, 4) is 0 Å². The van der Waals surface area contributed by atoms with Gasteiger partial charge in [-0.1, -0.05) is 72.3 Å². The highest BCUT2D eigenvalue weighted by Crippen LogP contribution is 2.43. The van der Waals surface area contributed by atoms with E-state index < -0.39 is 67.8 Å². The van der Waals surface area contributed by atoms with E-state index >= 15 is 0 Å². The second-order valence-electron chi connectivity index (χ2n) is 16.7. The molecular weight excluding hydrogens is 646 g/mol. The lowest BCUT2D eigenvalue weighted by molar-refractivity contribution is -0.151.